The minimum Gasteiger partial charge on any atom is -0.379 e. The molecule has 0 bridgehead atoms. The molecule has 4 N–H and O–H groups in total. The molecule has 158 valence electrons. The Morgan fingerprint density at radius 1 is 1.03 bits per heavy atom. The second-order valence-corrected chi connectivity index (χ2v) is 9.29. The molecule has 0 radical (unpaired) electrons. The summed E-state index contributed by atoms with van der Waals surface area (Å²) in [4.78, 5) is 12.0. The van der Waals surface area contributed by atoms with Crippen molar-refractivity contribution in [3.05, 3.63) is 59.9 Å². The van der Waals surface area contributed by atoms with E-state index in [1.54, 1.807) is 0 Å². The number of amides is 1. The number of hydrogen-bond acceptors (Lipinski definition) is 6. The molecule has 2 aromatic rings. The van der Waals surface area contributed by atoms with E-state index in [9.17, 15) is 26.0 Å². The molecule has 9 nitrogen and oxygen atoms in total. The average Bonchev–Trinajstić information content (AvgIpc) is 2.65. The van der Waals surface area contributed by atoms with E-state index in [4.69, 9.17) is 9.88 Å². The molecule has 0 aliphatic carbocycles. The number of anilines is 1. The number of hydrogen-bond donors (Lipinski definition) is 3. The van der Waals surface area contributed by atoms with Crippen LogP contribution in [0.3, 0.4) is 0 Å². The molecule has 29 heavy (non-hydrogen) atoms. The molecule has 0 spiro atoms. The van der Waals surface area contributed by atoms with Gasteiger partial charge in [-0.2, -0.15) is 0 Å². The van der Waals surface area contributed by atoms with Gasteiger partial charge < -0.3 is 10.1 Å². The molecule has 0 saturated carbocycles. The van der Waals surface area contributed by atoms with Gasteiger partial charge in [0.25, 0.3) is 15.9 Å². The number of nitrogens with one attached hydrogen (secondary N) is 2. The van der Waals surface area contributed by atoms with Gasteiger partial charge in [-0.05, 0) is 42.5 Å². The van der Waals surface area contributed by atoms with Crippen LogP contribution in [0.5, 0.6) is 0 Å². The first-order chi connectivity index (χ1) is 13.6. The van der Waals surface area contributed by atoms with Crippen molar-refractivity contribution < 1.29 is 30.8 Å². The number of rotatable bonds is 10. The van der Waals surface area contributed by atoms with Crippen molar-refractivity contribution >= 4 is 31.6 Å². The topological polar surface area (TPSA) is 145 Å². The van der Waals surface area contributed by atoms with Crippen LogP contribution in [0.25, 0.3) is 0 Å². The van der Waals surface area contributed by atoms with Crippen LogP contribution in [0.2, 0.25) is 0 Å². The van der Waals surface area contributed by atoms with Crippen LogP contribution in [0.15, 0.2) is 53.4 Å². The fraction of sp³-hybridized carbons (Fsp3) is 0.235. The van der Waals surface area contributed by atoms with Crippen LogP contribution in [-0.2, 0) is 24.8 Å². The Morgan fingerprint density at radius 3 is 2.38 bits per heavy atom. The lowest BCUT2D eigenvalue weighted by atomic mass is 10.2. The molecule has 0 aliphatic heterocycles. The van der Waals surface area contributed by atoms with Gasteiger partial charge in [0.2, 0.25) is 10.0 Å². The molecule has 12 heteroatoms. The molecule has 1 amide bonds. The summed E-state index contributed by atoms with van der Waals surface area (Å²) in [5.74, 6) is -1.36. The highest BCUT2D eigenvalue weighted by Gasteiger charge is 2.16. The molecular formula is C17H20FN3O6S2. The lowest BCUT2D eigenvalue weighted by Crippen LogP contribution is -2.28. The van der Waals surface area contributed by atoms with Gasteiger partial charge in [0.1, 0.15) is 5.82 Å². The SMILES string of the molecule is NS(=O)(=O)CCOCCNC(=O)c1cccc(S(=O)(=O)Nc2ccc(F)cc2)c1. The van der Waals surface area contributed by atoms with Gasteiger partial charge in [-0.25, -0.2) is 26.4 Å². The van der Waals surface area contributed by atoms with Gasteiger partial charge in [0.05, 0.1) is 23.9 Å². The summed E-state index contributed by atoms with van der Waals surface area (Å²) in [6.07, 6.45) is 0. The Morgan fingerprint density at radius 2 is 1.72 bits per heavy atom. The minimum atomic E-state index is -3.97. The van der Waals surface area contributed by atoms with E-state index in [-0.39, 0.29) is 41.7 Å². The first-order valence-corrected chi connectivity index (χ1v) is 11.5. The van der Waals surface area contributed by atoms with Crippen LogP contribution in [0.4, 0.5) is 10.1 Å². The molecule has 0 aromatic heterocycles. The first-order valence-electron chi connectivity index (χ1n) is 8.32. The smallest absolute Gasteiger partial charge is 0.261 e. The quantitative estimate of drug-likeness (QED) is 0.458. The van der Waals surface area contributed by atoms with Gasteiger partial charge in [-0.1, -0.05) is 6.07 Å². The van der Waals surface area contributed by atoms with Crippen molar-refractivity contribution in [2.45, 2.75) is 4.90 Å². The summed E-state index contributed by atoms with van der Waals surface area (Å²) < 4.78 is 66.7. The second-order valence-electron chi connectivity index (χ2n) is 5.88. The maximum atomic E-state index is 12.9. The van der Waals surface area contributed by atoms with Crippen molar-refractivity contribution in [3.63, 3.8) is 0 Å². The molecule has 0 fully saturated rings. The molecule has 0 atom stereocenters. The average molecular weight is 445 g/mol. The zero-order chi connectivity index (χ0) is 21.5. The van der Waals surface area contributed by atoms with E-state index < -0.39 is 31.8 Å². The summed E-state index contributed by atoms with van der Waals surface area (Å²) in [6.45, 7) is 0.0527. The van der Waals surface area contributed by atoms with Gasteiger partial charge in [0, 0.05) is 17.8 Å². The largest absolute Gasteiger partial charge is 0.379 e. The van der Waals surface area contributed by atoms with Crippen LogP contribution in [-0.4, -0.2) is 48.3 Å². The minimum absolute atomic E-state index is 0.0609. The number of primary sulfonamides is 1. The lowest BCUT2D eigenvalue weighted by molar-refractivity contribution is 0.0923. The van der Waals surface area contributed by atoms with Gasteiger partial charge in [0.15, 0.2) is 0 Å². The van der Waals surface area contributed by atoms with Gasteiger partial charge >= 0.3 is 0 Å². The van der Waals surface area contributed by atoms with E-state index in [1.165, 1.54) is 36.4 Å². The maximum absolute atomic E-state index is 12.9. The lowest BCUT2D eigenvalue weighted by Gasteiger charge is -2.10. The predicted molar refractivity (Wildman–Crippen MR) is 105 cm³/mol. The van der Waals surface area contributed by atoms with Gasteiger partial charge in [-0.15, -0.1) is 0 Å². The molecule has 0 aliphatic rings. The van der Waals surface area contributed by atoms with Crippen molar-refractivity contribution in [2.24, 2.45) is 5.14 Å². The van der Waals surface area contributed by atoms with E-state index >= 15 is 0 Å². The second kappa shape index (κ2) is 9.78. The number of sulfonamides is 2. The Kier molecular flexibility index (Phi) is 7.67. The fourth-order valence-electron chi connectivity index (χ4n) is 2.15. The third-order valence-electron chi connectivity index (χ3n) is 3.55. The molecular weight excluding hydrogens is 425 g/mol. The number of benzene rings is 2. The summed E-state index contributed by atoms with van der Waals surface area (Å²) in [6, 6.07) is 10.2. The van der Waals surface area contributed by atoms with Gasteiger partial charge in [-0.3, -0.25) is 9.52 Å². The van der Waals surface area contributed by atoms with Crippen LogP contribution in [0.1, 0.15) is 10.4 Å². The molecule has 2 rings (SSSR count). The Bertz CT molecular complexity index is 1060. The number of carbonyl (C=O) groups is 1. The standard InChI is InChI=1S/C17H20FN3O6S2/c18-14-4-6-15(7-5-14)21-29(25,26)16-3-1-2-13(12-16)17(22)20-8-9-27-10-11-28(19,23)24/h1-7,12,21H,8-11H2,(H,20,22)(H2,19,23,24). The van der Waals surface area contributed by atoms with Crippen LogP contribution >= 0.6 is 0 Å². The number of nitrogens with two attached hydrogens (primary N) is 1. The van der Waals surface area contributed by atoms with Crippen molar-refractivity contribution in [1.29, 1.82) is 0 Å². The number of halogens is 1. The third kappa shape index (κ3) is 7.77. The summed E-state index contributed by atoms with van der Waals surface area (Å²) in [7, 11) is -7.58. The van der Waals surface area contributed by atoms with Crippen LogP contribution < -0.4 is 15.2 Å². The van der Waals surface area contributed by atoms with E-state index in [1.807, 2.05) is 0 Å². The predicted octanol–water partition coefficient (Wildman–Crippen LogP) is 0.661. The monoisotopic (exact) mass is 445 g/mol. The molecule has 0 unspecified atom stereocenters. The fourth-order valence-corrected chi connectivity index (χ4v) is 3.61. The Hall–Kier alpha value is -2.54. The maximum Gasteiger partial charge on any atom is 0.261 e. The van der Waals surface area contributed by atoms with Crippen molar-refractivity contribution in [3.8, 4) is 0 Å². The first kappa shape index (κ1) is 22.7. The third-order valence-corrected chi connectivity index (χ3v) is 5.66. The zero-order valence-corrected chi connectivity index (χ0v) is 16.8. The highest BCUT2D eigenvalue weighted by molar-refractivity contribution is 7.92. The normalized spacial score (nSPS) is 11.8. The highest BCUT2D eigenvalue weighted by Crippen LogP contribution is 2.17. The van der Waals surface area contributed by atoms with Crippen LogP contribution in [0, 0.1) is 5.82 Å². The summed E-state index contributed by atoms with van der Waals surface area (Å²) in [5, 5.41) is 7.36. The molecule has 0 saturated heterocycles. The van der Waals surface area contributed by atoms with Crippen molar-refractivity contribution in [2.75, 3.05) is 30.2 Å². The van der Waals surface area contributed by atoms with E-state index in [0.29, 0.717) is 0 Å². The van der Waals surface area contributed by atoms with E-state index in [2.05, 4.69) is 10.0 Å². The summed E-state index contributed by atoms with van der Waals surface area (Å²) in [5.41, 5.74) is 0.286. The van der Waals surface area contributed by atoms with E-state index in [0.717, 1.165) is 12.1 Å². The number of carbonyl (C=O) groups excluding carboxylic acids is 1. The highest BCUT2D eigenvalue weighted by atomic mass is 32.2. The molecule has 2 aromatic carbocycles. The molecule has 0 heterocycles. The Labute approximate surface area is 168 Å². The summed E-state index contributed by atoms with van der Waals surface area (Å²) >= 11 is 0. The van der Waals surface area contributed by atoms with Crippen molar-refractivity contribution in [1.82, 2.24) is 5.32 Å². The number of ether oxygens (including phenoxy) is 1. The zero-order valence-electron chi connectivity index (χ0n) is 15.2. The Balaban J connectivity index is 1.93.